The van der Waals surface area contributed by atoms with Crippen LogP contribution in [0.2, 0.25) is 0 Å². The molecule has 0 amide bonds. The molecule has 1 atom stereocenters. The van der Waals surface area contributed by atoms with Crippen LogP contribution in [0.5, 0.6) is 0 Å². The van der Waals surface area contributed by atoms with Crippen molar-refractivity contribution in [3.8, 4) is 0 Å². The molecule has 1 aromatic heterocycles. The molecule has 0 radical (unpaired) electrons. The molecular formula is C11H19BrN4O2. The van der Waals surface area contributed by atoms with Crippen LogP contribution in [0.25, 0.3) is 0 Å². The Morgan fingerprint density at radius 3 is 2.89 bits per heavy atom. The first-order chi connectivity index (χ1) is 8.56. The molecule has 6 nitrogen and oxygen atoms in total. The molecule has 102 valence electrons. The van der Waals surface area contributed by atoms with Gasteiger partial charge in [-0.25, -0.2) is 4.68 Å². The van der Waals surface area contributed by atoms with Gasteiger partial charge in [-0.3, -0.25) is 4.79 Å². The van der Waals surface area contributed by atoms with Crippen molar-refractivity contribution in [1.29, 1.82) is 0 Å². The van der Waals surface area contributed by atoms with E-state index in [0.29, 0.717) is 36.3 Å². The van der Waals surface area contributed by atoms with Crippen LogP contribution in [0.4, 0.5) is 5.69 Å². The maximum absolute atomic E-state index is 11.8. The molecule has 1 heterocycles. The van der Waals surface area contributed by atoms with Crippen molar-refractivity contribution >= 4 is 21.6 Å². The quantitative estimate of drug-likeness (QED) is 0.635. The second-order valence-electron chi connectivity index (χ2n) is 3.97. The average Bonchev–Trinajstić information content (AvgIpc) is 2.33. The second-order valence-corrected chi connectivity index (χ2v) is 4.77. The van der Waals surface area contributed by atoms with Crippen LogP contribution >= 0.6 is 15.9 Å². The van der Waals surface area contributed by atoms with Gasteiger partial charge in [-0.2, -0.15) is 5.10 Å². The first kappa shape index (κ1) is 15.1. The summed E-state index contributed by atoms with van der Waals surface area (Å²) in [6.07, 6.45) is 1.27. The van der Waals surface area contributed by atoms with Crippen LogP contribution in [0.3, 0.4) is 0 Å². The van der Waals surface area contributed by atoms with E-state index in [-0.39, 0.29) is 11.7 Å². The van der Waals surface area contributed by atoms with Gasteiger partial charge in [-0.05, 0) is 29.8 Å². The Balaban J connectivity index is 2.48. The average molecular weight is 319 g/mol. The van der Waals surface area contributed by atoms with E-state index in [1.807, 2.05) is 6.92 Å². The number of aliphatic hydroxyl groups is 1. The van der Waals surface area contributed by atoms with E-state index in [1.54, 1.807) is 13.1 Å². The largest absolute Gasteiger partial charge is 0.392 e. The zero-order valence-corrected chi connectivity index (χ0v) is 12.2. The fourth-order valence-electron chi connectivity index (χ4n) is 1.41. The number of aliphatic hydroxyl groups excluding tert-OH is 1. The zero-order valence-electron chi connectivity index (χ0n) is 10.6. The number of nitrogens with zero attached hydrogens (tertiary/aromatic N) is 2. The molecule has 18 heavy (non-hydrogen) atoms. The summed E-state index contributed by atoms with van der Waals surface area (Å²) in [5.74, 6) is 0. The fourth-order valence-corrected chi connectivity index (χ4v) is 1.86. The first-order valence-corrected chi connectivity index (χ1v) is 6.73. The molecule has 0 spiro atoms. The van der Waals surface area contributed by atoms with Crippen molar-refractivity contribution in [2.75, 3.05) is 25.0 Å². The van der Waals surface area contributed by atoms with E-state index in [9.17, 15) is 4.79 Å². The summed E-state index contributed by atoms with van der Waals surface area (Å²) in [5.41, 5.74) is 0.544. The van der Waals surface area contributed by atoms with Crippen molar-refractivity contribution < 1.29 is 5.11 Å². The third-order valence-corrected chi connectivity index (χ3v) is 3.11. The van der Waals surface area contributed by atoms with Gasteiger partial charge in [-0.15, -0.1) is 0 Å². The first-order valence-electron chi connectivity index (χ1n) is 5.94. The van der Waals surface area contributed by atoms with Crippen molar-refractivity contribution in [2.24, 2.45) is 0 Å². The van der Waals surface area contributed by atoms with Crippen molar-refractivity contribution in [3.63, 3.8) is 0 Å². The van der Waals surface area contributed by atoms with Gasteiger partial charge in [0.15, 0.2) is 0 Å². The number of anilines is 1. The number of nitrogens with one attached hydrogen (secondary N) is 2. The van der Waals surface area contributed by atoms with E-state index in [1.165, 1.54) is 4.68 Å². The number of hydrogen-bond donors (Lipinski definition) is 3. The van der Waals surface area contributed by atoms with Crippen molar-refractivity contribution in [1.82, 2.24) is 15.1 Å². The summed E-state index contributed by atoms with van der Waals surface area (Å²) >= 11 is 3.27. The summed E-state index contributed by atoms with van der Waals surface area (Å²) in [6, 6.07) is 0. The van der Waals surface area contributed by atoms with E-state index in [0.717, 1.165) is 0 Å². The summed E-state index contributed by atoms with van der Waals surface area (Å²) in [7, 11) is 0. The predicted octanol–water partition coefficient (Wildman–Crippen LogP) is 0.408. The predicted molar refractivity (Wildman–Crippen MR) is 74.9 cm³/mol. The number of aromatic nitrogens is 2. The van der Waals surface area contributed by atoms with Crippen LogP contribution < -0.4 is 16.2 Å². The van der Waals surface area contributed by atoms with E-state index >= 15 is 0 Å². The molecule has 0 saturated heterocycles. The Morgan fingerprint density at radius 2 is 2.28 bits per heavy atom. The van der Waals surface area contributed by atoms with E-state index < -0.39 is 0 Å². The third kappa shape index (κ3) is 4.40. The standard InChI is InChI=1S/C11H19BrN4O2/c1-3-16-11(18)10(12)9(7-15-16)14-5-4-13-6-8(2)17/h7-8,13-14,17H,3-6H2,1-2H3. The molecule has 0 bridgehead atoms. The highest BCUT2D eigenvalue weighted by molar-refractivity contribution is 9.10. The van der Waals surface area contributed by atoms with Crippen LogP contribution in [0.15, 0.2) is 15.5 Å². The highest BCUT2D eigenvalue weighted by Crippen LogP contribution is 2.15. The van der Waals surface area contributed by atoms with Gasteiger partial charge in [0.1, 0.15) is 4.47 Å². The molecule has 1 aromatic rings. The van der Waals surface area contributed by atoms with Crippen molar-refractivity contribution in [2.45, 2.75) is 26.5 Å². The number of hydrogen-bond acceptors (Lipinski definition) is 5. The lowest BCUT2D eigenvalue weighted by Gasteiger charge is -2.10. The minimum atomic E-state index is -0.355. The molecule has 0 aliphatic carbocycles. The topological polar surface area (TPSA) is 79.2 Å². The summed E-state index contributed by atoms with van der Waals surface area (Å²) in [6.45, 7) is 6.06. The Labute approximate surface area is 115 Å². The molecule has 1 unspecified atom stereocenters. The van der Waals surface area contributed by atoms with Gasteiger partial charge < -0.3 is 15.7 Å². The third-order valence-electron chi connectivity index (χ3n) is 2.34. The molecule has 0 aliphatic heterocycles. The normalized spacial score (nSPS) is 12.4. The van der Waals surface area contributed by atoms with Gasteiger partial charge >= 0.3 is 0 Å². The summed E-state index contributed by atoms with van der Waals surface area (Å²) in [5, 5.41) is 19.3. The molecule has 1 rings (SSSR count). The highest BCUT2D eigenvalue weighted by Gasteiger charge is 2.06. The molecule has 7 heteroatoms. The monoisotopic (exact) mass is 318 g/mol. The minimum Gasteiger partial charge on any atom is -0.392 e. The lowest BCUT2D eigenvalue weighted by Crippen LogP contribution is -2.29. The van der Waals surface area contributed by atoms with E-state index in [2.05, 4.69) is 31.7 Å². The number of halogens is 1. The Bertz CT molecular complexity index is 434. The summed E-state index contributed by atoms with van der Waals surface area (Å²) in [4.78, 5) is 11.8. The SMILES string of the molecule is CCn1ncc(NCCNCC(C)O)c(Br)c1=O. The fraction of sp³-hybridized carbons (Fsp3) is 0.636. The molecular weight excluding hydrogens is 300 g/mol. The van der Waals surface area contributed by atoms with Crippen LogP contribution in [-0.2, 0) is 6.54 Å². The Hall–Kier alpha value is -0.920. The van der Waals surface area contributed by atoms with Gasteiger partial charge in [-0.1, -0.05) is 0 Å². The summed E-state index contributed by atoms with van der Waals surface area (Å²) < 4.78 is 1.89. The minimum absolute atomic E-state index is 0.139. The van der Waals surface area contributed by atoms with Crippen molar-refractivity contribution in [3.05, 3.63) is 21.0 Å². The van der Waals surface area contributed by atoms with Crippen LogP contribution in [0.1, 0.15) is 13.8 Å². The smallest absolute Gasteiger partial charge is 0.283 e. The maximum atomic E-state index is 11.8. The lowest BCUT2D eigenvalue weighted by molar-refractivity contribution is 0.192. The zero-order chi connectivity index (χ0) is 13.5. The van der Waals surface area contributed by atoms with Gasteiger partial charge in [0.2, 0.25) is 0 Å². The van der Waals surface area contributed by atoms with Crippen LogP contribution in [-0.4, -0.2) is 40.6 Å². The molecule has 0 aliphatic rings. The lowest BCUT2D eigenvalue weighted by atomic mass is 10.4. The van der Waals surface area contributed by atoms with Gasteiger partial charge in [0.05, 0.1) is 18.0 Å². The Kier molecular flexibility index (Phi) is 6.31. The maximum Gasteiger partial charge on any atom is 0.283 e. The number of rotatable bonds is 7. The van der Waals surface area contributed by atoms with Crippen LogP contribution in [0, 0.1) is 0 Å². The second kappa shape index (κ2) is 7.50. The molecule has 0 aromatic carbocycles. The molecule has 3 N–H and O–H groups in total. The van der Waals surface area contributed by atoms with Gasteiger partial charge in [0.25, 0.3) is 5.56 Å². The van der Waals surface area contributed by atoms with Gasteiger partial charge in [0, 0.05) is 26.2 Å². The molecule has 0 fully saturated rings. The Morgan fingerprint density at radius 1 is 1.56 bits per heavy atom. The highest BCUT2D eigenvalue weighted by atomic mass is 79.9. The van der Waals surface area contributed by atoms with E-state index in [4.69, 9.17) is 5.11 Å². The molecule has 0 saturated carbocycles. The number of aryl methyl sites for hydroxylation is 1.